The summed E-state index contributed by atoms with van der Waals surface area (Å²) < 4.78 is 6.42. The van der Waals surface area contributed by atoms with Gasteiger partial charge in [-0.25, -0.2) is 0 Å². The van der Waals surface area contributed by atoms with Crippen molar-refractivity contribution >= 4 is 33.0 Å². The molecule has 0 aliphatic rings. The molecule has 0 atom stereocenters. The van der Waals surface area contributed by atoms with E-state index < -0.39 is 0 Å². The van der Waals surface area contributed by atoms with Gasteiger partial charge in [0.05, 0.1) is 13.7 Å². The number of nitrogens with two attached hydrogens (primary N) is 1. The van der Waals surface area contributed by atoms with Crippen LogP contribution in [0.25, 0.3) is 0 Å². The van der Waals surface area contributed by atoms with Crippen molar-refractivity contribution < 1.29 is 4.74 Å². The molecule has 0 fully saturated rings. The molecule has 2 aromatic rings. The molecule has 0 saturated carbocycles. The minimum absolute atomic E-state index is 0.526. The fraction of sp³-hybridized carbons (Fsp3) is 0.286. The van der Waals surface area contributed by atoms with E-state index in [0.717, 1.165) is 28.0 Å². The number of thiophene rings is 1. The van der Waals surface area contributed by atoms with Crippen molar-refractivity contribution in [3.63, 3.8) is 0 Å². The third-order valence-corrected chi connectivity index (χ3v) is 4.62. The third-order valence-electron chi connectivity index (χ3n) is 2.94. The smallest absolute Gasteiger partial charge is 0.120 e. The maximum Gasteiger partial charge on any atom is 0.120 e. The van der Waals surface area contributed by atoms with Gasteiger partial charge in [0.15, 0.2) is 0 Å². The van der Waals surface area contributed by atoms with E-state index in [4.69, 9.17) is 10.5 Å². The Hall–Kier alpha value is -1.04. The van der Waals surface area contributed by atoms with Crippen LogP contribution in [0.5, 0.6) is 5.75 Å². The average Bonchev–Trinajstić information content (AvgIpc) is 2.83. The fourth-order valence-corrected chi connectivity index (χ4v) is 3.46. The predicted molar refractivity (Wildman–Crippen MR) is 85.0 cm³/mol. The largest absolute Gasteiger partial charge is 0.497 e. The Morgan fingerprint density at radius 2 is 2.16 bits per heavy atom. The van der Waals surface area contributed by atoms with E-state index in [1.807, 2.05) is 18.2 Å². The molecule has 0 bridgehead atoms. The van der Waals surface area contributed by atoms with E-state index in [-0.39, 0.29) is 0 Å². The summed E-state index contributed by atoms with van der Waals surface area (Å²) in [6.07, 6.45) is 0. The van der Waals surface area contributed by atoms with Crippen molar-refractivity contribution in [1.29, 1.82) is 0 Å². The molecule has 1 heterocycles. The lowest BCUT2D eigenvalue weighted by Gasteiger charge is -2.22. The van der Waals surface area contributed by atoms with Crippen molar-refractivity contribution in [2.75, 3.05) is 19.1 Å². The molecule has 1 aromatic carbocycles. The van der Waals surface area contributed by atoms with Gasteiger partial charge >= 0.3 is 0 Å². The number of nitrogens with zero attached hydrogens (tertiary/aromatic N) is 1. The number of methoxy groups -OCH3 is 1. The summed E-state index contributed by atoms with van der Waals surface area (Å²) in [5.74, 6) is 0.853. The second kappa shape index (κ2) is 6.41. The molecule has 19 heavy (non-hydrogen) atoms. The van der Waals surface area contributed by atoms with Crippen LogP contribution in [0, 0.1) is 0 Å². The van der Waals surface area contributed by atoms with Gasteiger partial charge in [-0.15, -0.1) is 11.3 Å². The molecule has 2 rings (SSSR count). The molecular weight excluding hydrogens is 324 g/mol. The summed E-state index contributed by atoms with van der Waals surface area (Å²) in [5, 5.41) is 2.10. The zero-order chi connectivity index (χ0) is 13.8. The molecule has 0 radical (unpaired) electrons. The highest BCUT2D eigenvalue weighted by molar-refractivity contribution is 9.10. The number of hydrogen-bond acceptors (Lipinski definition) is 4. The van der Waals surface area contributed by atoms with Gasteiger partial charge in [0.1, 0.15) is 5.75 Å². The lowest BCUT2D eigenvalue weighted by atomic mass is 10.1. The maximum absolute atomic E-state index is 5.81. The van der Waals surface area contributed by atoms with Gasteiger partial charge in [-0.1, -0.05) is 6.07 Å². The van der Waals surface area contributed by atoms with Gasteiger partial charge in [0.25, 0.3) is 0 Å². The Morgan fingerprint density at radius 1 is 1.37 bits per heavy atom. The third kappa shape index (κ3) is 3.49. The highest BCUT2D eigenvalue weighted by Crippen LogP contribution is 2.28. The van der Waals surface area contributed by atoms with Crippen LogP contribution in [-0.4, -0.2) is 14.2 Å². The molecule has 102 valence electrons. The van der Waals surface area contributed by atoms with E-state index in [2.05, 4.69) is 39.3 Å². The number of halogens is 1. The molecule has 2 N–H and O–H groups in total. The lowest BCUT2D eigenvalue weighted by Crippen LogP contribution is -2.18. The molecule has 3 nitrogen and oxygen atoms in total. The highest BCUT2D eigenvalue weighted by Gasteiger charge is 2.10. The van der Waals surface area contributed by atoms with E-state index in [1.54, 1.807) is 18.4 Å². The van der Waals surface area contributed by atoms with E-state index in [9.17, 15) is 0 Å². The number of ether oxygens (including phenoxy) is 1. The Labute approximate surface area is 126 Å². The van der Waals surface area contributed by atoms with Crippen LogP contribution in [0.4, 0.5) is 5.69 Å². The van der Waals surface area contributed by atoms with Crippen molar-refractivity contribution in [3.05, 3.63) is 44.6 Å². The summed E-state index contributed by atoms with van der Waals surface area (Å²) in [6.45, 7) is 1.38. The molecule has 5 heteroatoms. The molecule has 1 aromatic heterocycles. The molecule has 0 saturated heterocycles. The predicted octanol–water partition coefficient (Wildman–Crippen LogP) is 3.61. The van der Waals surface area contributed by atoms with Crippen molar-refractivity contribution in [1.82, 2.24) is 0 Å². The van der Waals surface area contributed by atoms with Gasteiger partial charge < -0.3 is 15.4 Å². The maximum atomic E-state index is 5.81. The first-order valence-electron chi connectivity index (χ1n) is 5.95. The van der Waals surface area contributed by atoms with Crippen LogP contribution in [0.3, 0.4) is 0 Å². The van der Waals surface area contributed by atoms with Gasteiger partial charge in [0, 0.05) is 40.1 Å². The lowest BCUT2D eigenvalue weighted by molar-refractivity contribution is 0.414. The summed E-state index contributed by atoms with van der Waals surface area (Å²) in [5.41, 5.74) is 8.05. The van der Waals surface area contributed by atoms with Crippen molar-refractivity contribution in [2.45, 2.75) is 13.1 Å². The van der Waals surface area contributed by atoms with Crippen LogP contribution >= 0.6 is 27.3 Å². The van der Waals surface area contributed by atoms with Crippen LogP contribution in [-0.2, 0) is 13.1 Å². The highest BCUT2D eigenvalue weighted by atomic mass is 79.9. The summed E-state index contributed by atoms with van der Waals surface area (Å²) >= 11 is 5.23. The Kier molecular flexibility index (Phi) is 4.85. The van der Waals surface area contributed by atoms with Crippen molar-refractivity contribution in [2.24, 2.45) is 5.73 Å². The van der Waals surface area contributed by atoms with Gasteiger partial charge in [-0.05, 0) is 33.6 Å². The Balaban J connectivity index is 2.23. The number of anilines is 1. The fourth-order valence-electron chi connectivity index (χ4n) is 1.95. The van der Waals surface area contributed by atoms with Gasteiger partial charge in [0.2, 0.25) is 0 Å². The molecule has 0 amide bonds. The number of rotatable bonds is 5. The first-order chi connectivity index (χ1) is 9.13. The van der Waals surface area contributed by atoms with E-state index in [0.29, 0.717) is 6.54 Å². The van der Waals surface area contributed by atoms with Crippen LogP contribution < -0.4 is 15.4 Å². The minimum Gasteiger partial charge on any atom is -0.497 e. The van der Waals surface area contributed by atoms with Gasteiger partial charge in [-0.3, -0.25) is 0 Å². The average molecular weight is 341 g/mol. The molecule has 0 aliphatic heterocycles. The standard InChI is InChI=1S/C14H17BrN2OS/c1-17(8-13-5-11(15)9-19-13)14-6-12(18-2)4-3-10(14)7-16/h3-6,9H,7-8,16H2,1-2H3. The second-order valence-corrected chi connectivity index (χ2v) is 6.20. The molecule has 0 aliphatic carbocycles. The zero-order valence-corrected chi connectivity index (χ0v) is 13.4. The Morgan fingerprint density at radius 3 is 2.74 bits per heavy atom. The van der Waals surface area contributed by atoms with Crippen LogP contribution in [0.2, 0.25) is 0 Å². The van der Waals surface area contributed by atoms with Gasteiger partial charge in [-0.2, -0.15) is 0 Å². The monoisotopic (exact) mass is 340 g/mol. The van der Waals surface area contributed by atoms with Crippen molar-refractivity contribution in [3.8, 4) is 5.75 Å². The SMILES string of the molecule is COc1ccc(CN)c(N(C)Cc2cc(Br)cs2)c1. The zero-order valence-electron chi connectivity index (χ0n) is 11.0. The second-order valence-electron chi connectivity index (χ2n) is 4.29. The molecular formula is C14H17BrN2OS. The quantitative estimate of drug-likeness (QED) is 0.903. The van der Waals surface area contributed by atoms with Crippen LogP contribution in [0.1, 0.15) is 10.4 Å². The summed E-state index contributed by atoms with van der Waals surface area (Å²) in [6, 6.07) is 8.14. The normalized spacial score (nSPS) is 10.5. The minimum atomic E-state index is 0.526. The number of benzene rings is 1. The first kappa shape index (κ1) is 14.4. The molecule has 0 unspecified atom stereocenters. The Bertz CT molecular complexity index is 556. The number of hydrogen-bond donors (Lipinski definition) is 1. The van der Waals surface area contributed by atoms with E-state index >= 15 is 0 Å². The topological polar surface area (TPSA) is 38.5 Å². The summed E-state index contributed by atoms with van der Waals surface area (Å²) in [7, 11) is 3.75. The van der Waals surface area contributed by atoms with Crippen LogP contribution in [0.15, 0.2) is 34.1 Å². The first-order valence-corrected chi connectivity index (χ1v) is 7.62. The van der Waals surface area contributed by atoms with E-state index in [1.165, 1.54) is 4.88 Å². The summed E-state index contributed by atoms with van der Waals surface area (Å²) in [4.78, 5) is 3.50. The molecule has 0 spiro atoms.